The molecule has 2 aromatic rings. The van der Waals surface area contributed by atoms with Crippen LogP contribution in [0.25, 0.3) is 0 Å². The predicted octanol–water partition coefficient (Wildman–Crippen LogP) is 1.90. The number of amides is 1. The highest BCUT2D eigenvalue weighted by molar-refractivity contribution is 7.92. The fourth-order valence-corrected chi connectivity index (χ4v) is 3.09. The number of benzene rings is 2. The number of ether oxygens (including phenoxy) is 1. The Labute approximate surface area is 129 Å². The van der Waals surface area contributed by atoms with Crippen molar-refractivity contribution in [3.05, 3.63) is 53.6 Å². The lowest BCUT2D eigenvalue weighted by atomic mass is 10.2. The van der Waals surface area contributed by atoms with Crippen LogP contribution in [0.2, 0.25) is 0 Å². The first-order valence-corrected chi connectivity index (χ1v) is 7.90. The maximum Gasteiger partial charge on any atom is 0.261 e. The molecule has 7 heteroatoms. The number of aryl methyl sites for hydroxylation is 1. The van der Waals surface area contributed by atoms with Gasteiger partial charge in [-0.1, -0.05) is 18.2 Å². The first kappa shape index (κ1) is 15.8. The van der Waals surface area contributed by atoms with Crippen molar-refractivity contribution in [1.29, 1.82) is 0 Å². The Morgan fingerprint density at radius 2 is 1.86 bits per heavy atom. The lowest BCUT2D eigenvalue weighted by Gasteiger charge is -2.12. The zero-order chi connectivity index (χ0) is 16.3. The van der Waals surface area contributed by atoms with Crippen LogP contribution in [0.1, 0.15) is 15.9 Å². The molecule has 0 bridgehead atoms. The average molecular weight is 320 g/mol. The zero-order valence-electron chi connectivity index (χ0n) is 12.2. The molecule has 0 aliphatic carbocycles. The maximum absolute atomic E-state index is 12.4. The van der Waals surface area contributed by atoms with E-state index in [1.807, 2.05) is 6.07 Å². The molecule has 0 saturated heterocycles. The molecule has 2 rings (SSSR count). The van der Waals surface area contributed by atoms with E-state index in [0.29, 0.717) is 5.69 Å². The van der Waals surface area contributed by atoms with E-state index >= 15 is 0 Å². The Balaban J connectivity index is 2.44. The van der Waals surface area contributed by atoms with Gasteiger partial charge in [-0.25, -0.2) is 8.42 Å². The van der Waals surface area contributed by atoms with Gasteiger partial charge in [-0.3, -0.25) is 9.52 Å². The van der Waals surface area contributed by atoms with Crippen molar-refractivity contribution in [1.82, 2.24) is 0 Å². The molecule has 0 aliphatic rings. The normalized spacial score (nSPS) is 11.0. The van der Waals surface area contributed by atoms with E-state index < -0.39 is 15.9 Å². The lowest BCUT2D eigenvalue weighted by molar-refractivity contribution is 0.0997. The Hall–Kier alpha value is -2.54. The number of methoxy groups -OCH3 is 1. The summed E-state index contributed by atoms with van der Waals surface area (Å²) in [6.45, 7) is 1.79. The average Bonchev–Trinajstić information content (AvgIpc) is 2.48. The summed E-state index contributed by atoms with van der Waals surface area (Å²) in [5.41, 5.74) is 6.51. The van der Waals surface area contributed by atoms with E-state index in [-0.39, 0.29) is 16.2 Å². The van der Waals surface area contributed by atoms with Gasteiger partial charge >= 0.3 is 0 Å². The standard InChI is InChI=1S/C15H16N2O4S/c1-10-5-3-4-6-13(10)17-22(19,20)11-7-8-14(21-2)12(9-11)15(16)18/h3-9,17H,1-2H3,(H2,16,18). The number of rotatable bonds is 5. The Morgan fingerprint density at radius 3 is 2.45 bits per heavy atom. The first-order valence-electron chi connectivity index (χ1n) is 6.41. The molecular weight excluding hydrogens is 304 g/mol. The minimum atomic E-state index is -3.83. The summed E-state index contributed by atoms with van der Waals surface area (Å²) >= 11 is 0. The van der Waals surface area contributed by atoms with Crippen molar-refractivity contribution < 1.29 is 17.9 Å². The third-order valence-corrected chi connectivity index (χ3v) is 4.50. The number of carbonyl (C=O) groups is 1. The van der Waals surface area contributed by atoms with E-state index in [2.05, 4.69) is 4.72 Å². The van der Waals surface area contributed by atoms with Crippen LogP contribution in [0, 0.1) is 6.92 Å². The van der Waals surface area contributed by atoms with Crippen molar-refractivity contribution in [2.45, 2.75) is 11.8 Å². The van der Waals surface area contributed by atoms with Crippen molar-refractivity contribution in [2.24, 2.45) is 5.73 Å². The summed E-state index contributed by atoms with van der Waals surface area (Å²) in [6.07, 6.45) is 0. The summed E-state index contributed by atoms with van der Waals surface area (Å²) in [6, 6.07) is 10.9. The molecule has 0 radical (unpaired) electrons. The van der Waals surface area contributed by atoms with Gasteiger partial charge < -0.3 is 10.5 Å². The van der Waals surface area contributed by atoms with E-state index in [9.17, 15) is 13.2 Å². The smallest absolute Gasteiger partial charge is 0.261 e. The van der Waals surface area contributed by atoms with Crippen LogP contribution in [0.5, 0.6) is 5.75 Å². The fourth-order valence-electron chi connectivity index (χ4n) is 1.94. The Kier molecular flexibility index (Phi) is 4.37. The van der Waals surface area contributed by atoms with Crippen molar-refractivity contribution in [2.75, 3.05) is 11.8 Å². The molecule has 6 nitrogen and oxygen atoms in total. The second-order valence-corrected chi connectivity index (χ2v) is 6.33. The molecule has 0 spiro atoms. The third kappa shape index (κ3) is 3.20. The lowest BCUT2D eigenvalue weighted by Crippen LogP contribution is -2.17. The quantitative estimate of drug-likeness (QED) is 0.879. The van der Waals surface area contributed by atoms with Gasteiger partial charge in [0, 0.05) is 0 Å². The minimum absolute atomic E-state index is 0.00941. The first-order chi connectivity index (χ1) is 10.3. The van der Waals surface area contributed by atoms with Crippen LogP contribution in [-0.2, 0) is 10.0 Å². The molecule has 0 saturated carbocycles. The minimum Gasteiger partial charge on any atom is -0.496 e. The fraction of sp³-hybridized carbons (Fsp3) is 0.133. The molecule has 0 aliphatic heterocycles. The number of hydrogen-bond donors (Lipinski definition) is 2. The van der Waals surface area contributed by atoms with Gasteiger partial charge in [-0.05, 0) is 36.8 Å². The predicted molar refractivity (Wildman–Crippen MR) is 83.5 cm³/mol. The molecule has 0 atom stereocenters. The van der Waals surface area contributed by atoms with Crippen LogP contribution in [0.15, 0.2) is 47.4 Å². The van der Waals surface area contributed by atoms with E-state index in [4.69, 9.17) is 10.5 Å². The van der Waals surface area contributed by atoms with Crippen LogP contribution in [0.3, 0.4) is 0 Å². The van der Waals surface area contributed by atoms with Gasteiger partial charge in [0.05, 0.1) is 23.3 Å². The van der Waals surface area contributed by atoms with Crippen molar-refractivity contribution >= 4 is 21.6 Å². The Bertz CT molecular complexity index is 816. The zero-order valence-corrected chi connectivity index (χ0v) is 13.0. The van der Waals surface area contributed by atoms with Crippen LogP contribution in [-0.4, -0.2) is 21.4 Å². The van der Waals surface area contributed by atoms with Gasteiger partial charge in [0.2, 0.25) is 0 Å². The molecule has 1 amide bonds. The number of nitrogens with two attached hydrogens (primary N) is 1. The number of hydrogen-bond acceptors (Lipinski definition) is 4. The SMILES string of the molecule is COc1ccc(S(=O)(=O)Nc2ccccc2C)cc1C(N)=O. The van der Waals surface area contributed by atoms with E-state index in [1.54, 1.807) is 25.1 Å². The molecular formula is C15H16N2O4S. The van der Waals surface area contributed by atoms with Gasteiger partial charge in [0.1, 0.15) is 5.75 Å². The molecule has 0 aromatic heterocycles. The number of nitrogens with one attached hydrogen (secondary N) is 1. The molecule has 0 heterocycles. The van der Waals surface area contributed by atoms with Gasteiger partial charge in [0.25, 0.3) is 15.9 Å². The number of carbonyl (C=O) groups excluding carboxylic acids is 1. The molecule has 0 unspecified atom stereocenters. The molecule has 2 aromatic carbocycles. The highest BCUT2D eigenvalue weighted by Crippen LogP contribution is 2.24. The van der Waals surface area contributed by atoms with Gasteiger partial charge in [0.15, 0.2) is 0 Å². The number of anilines is 1. The molecule has 3 N–H and O–H groups in total. The summed E-state index contributed by atoms with van der Waals surface area (Å²) < 4.78 is 32.3. The van der Waals surface area contributed by atoms with Crippen LogP contribution in [0.4, 0.5) is 5.69 Å². The molecule has 0 fully saturated rings. The van der Waals surface area contributed by atoms with Crippen molar-refractivity contribution in [3.8, 4) is 5.75 Å². The van der Waals surface area contributed by atoms with E-state index in [1.165, 1.54) is 25.3 Å². The monoisotopic (exact) mass is 320 g/mol. The summed E-state index contributed by atoms with van der Waals surface area (Å²) in [5.74, 6) is -0.535. The molecule has 22 heavy (non-hydrogen) atoms. The summed E-state index contributed by atoms with van der Waals surface area (Å²) in [4.78, 5) is 11.3. The summed E-state index contributed by atoms with van der Waals surface area (Å²) in [7, 11) is -2.45. The number of sulfonamides is 1. The highest BCUT2D eigenvalue weighted by Gasteiger charge is 2.19. The number of para-hydroxylation sites is 1. The number of primary amides is 1. The Morgan fingerprint density at radius 1 is 1.18 bits per heavy atom. The van der Waals surface area contributed by atoms with Gasteiger partial charge in [-0.2, -0.15) is 0 Å². The van der Waals surface area contributed by atoms with E-state index in [0.717, 1.165) is 5.56 Å². The van der Waals surface area contributed by atoms with Gasteiger partial charge in [-0.15, -0.1) is 0 Å². The molecule has 116 valence electrons. The summed E-state index contributed by atoms with van der Waals surface area (Å²) in [5, 5.41) is 0. The van der Waals surface area contributed by atoms with Crippen LogP contribution >= 0.6 is 0 Å². The second-order valence-electron chi connectivity index (χ2n) is 4.65. The largest absolute Gasteiger partial charge is 0.496 e. The van der Waals surface area contributed by atoms with Crippen LogP contribution < -0.4 is 15.2 Å². The third-order valence-electron chi connectivity index (χ3n) is 3.14. The highest BCUT2D eigenvalue weighted by atomic mass is 32.2. The topological polar surface area (TPSA) is 98.5 Å². The van der Waals surface area contributed by atoms with Crippen molar-refractivity contribution in [3.63, 3.8) is 0 Å². The maximum atomic E-state index is 12.4. The second kappa shape index (κ2) is 6.07.